The zero-order chi connectivity index (χ0) is 20.9. The van der Waals surface area contributed by atoms with E-state index in [2.05, 4.69) is 84.3 Å². The lowest BCUT2D eigenvalue weighted by molar-refractivity contribution is 0.488. The van der Waals surface area contributed by atoms with Crippen LogP contribution in [0, 0.1) is 51.9 Å². The van der Waals surface area contributed by atoms with Crippen LogP contribution in [0.5, 0.6) is 0 Å². The monoisotopic (exact) mass is 450 g/mol. The summed E-state index contributed by atoms with van der Waals surface area (Å²) in [5.41, 5.74) is 9.53. The van der Waals surface area contributed by atoms with Gasteiger partial charge in [-0.2, -0.15) is 5.26 Å². The summed E-state index contributed by atoms with van der Waals surface area (Å²) in [7, 11) is 0. The average molecular weight is 451 g/mol. The predicted octanol–water partition coefficient (Wildman–Crippen LogP) is 6.07. The molecule has 1 aliphatic heterocycles. The van der Waals surface area contributed by atoms with Gasteiger partial charge in [-0.25, -0.2) is 4.98 Å². The lowest BCUT2D eigenvalue weighted by Gasteiger charge is -2.32. The molecule has 2 aromatic heterocycles. The van der Waals surface area contributed by atoms with E-state index in [1.165, 1.54) is 39.1 Å². The number of nitriles is 1. The van der Waals surface area contributed by atoms with Gasteiger partial charge in [0.25, 0.3) is 0 Å². The number of benzene rings is 1. The van der Waals surface area contributed by atoms with Gasteiger partial charge in [-0.05, 0) is 82.3 Å². The van der Waals surface area contributed by atoms with Gasteiger partial charge in [0.05, 0.1) is 11.8 Å². The summed E-state index contributed by atoms with van der Waals surface area (Å²) < 4.78 is 3.44. The first-order chi connectivity index (χ1) is 13.8. The zero-order valence-corrected chi connectivity index (χ0v) is 19.4. The minimum atomic E-state index is 0.185. The highest BCUT2D eigenvalue weighted by atomic mass is 79.9. The fourth-order valence-electron chi connectivity index (χ4n) is 4.70. The molecule has 0 atom stereocenters. The van der Waals surface area contributed by atoms with Crippen molar-refractivity contribution in [3.05, 3.63) is 50.8 Å². The molecular weight excluding hydrogens is 424 g/mol. The molecule has 3 heterocycles. The molecule has 0 saturated carbocycles. The van der Waals surface area contributed by atoms with Crippen molar-refractivity contribution in [1.29, 1.82) is 5.26 Å². The molecule has 0 spiro atoms. The van der Waals surface area contributed by atoms with Gasteiger partial charge in [0.15, 0.2) is 0 Å². The van der Waals surface area contributed by atoms with Crippen molar-refractivity contribution in [3.63, 3.8) is 0 Å². The maximum atomic E-state index is 9.26. The van der Waals surface area contributed by atoms with Crippen LogP contribution < -0.4 is 4.90 Å². The number of anilines is 1. The Morgan fingerprint density at radius 3 is 2.24 bits per heavy atom. The fraction of sp³-hybridized carbons (Fsp3) is 0.417. The molecule has 1 aromatic carbocycles. The Morgan fingerprint density at radius 2 is 1.66 bits per heavy atom. The van der Waals surface area contributed by atoms with Gasteiger partial charge in [-0.1, -0.05) is 15.9 Å². The number of aryl methyl sites for hydroxylation is 4. The van der Waals surface area contributed by atoms with Crippen LogP contribution in [0.1, 0.15) is 40.9 Å². The van der Waals surface area contributed by atoms with E-state index in [0.717, 1.165) is 41.7 Å². The van der Waals surface area contributed by atoms with E-state index >= 15 is 0 Å². The van der Waals surface area contributed by atoms with Crippen LogP contribution >= 0.6 is 15.9 Å². The number of halogens is 1. The second kappa shape index (κ2) is 7.50. The van der Waals surface area contributed by atoms with Crippen molar-refractivity contribution in [2.45, 2.75) is 47.5 Å². The number of rotatable bonds is 2. The maximum Gasteiger partial charge on any atom is 0.147 e. The molecule has 4 nitrogen and oxygen atoms in total. The Kier molecular flexibility index (Phi) is 5.16. The highest BCUT2D eigenvalue weighted by molar-refractivity contribution is 9.10. The third-order valence-electron chi connectivity index (χ3n) is 6.27. The molecule has 1 saturated heterocycles. The fourth-order valence-corrected chi connectivity index (χ4v) is 5.38. The topological polar surface area (TPSA) is 44.9 Å². The molecule has 1 aliphatic rings. The van der Waals surface area contributed by atoms with Crippen molar-refractivity contribution in [1.82, 2.24) is 9.55 Å². The first-order valence-electron chi connectivity index (χ1n) is 10.2. The summed E-state index contributed by atoms with van der Waals surface area (Å²) >= 11 is 3.62. The Labute approximate surface area is 181 Å². The summed E-state index contributed by atoms with van der Waals surface area (Å²) in [5, 5.41) is 10.5. The van der Waals surface area contributed by atoms with E-state index in [0.29, 0.717) is 0 Å². The first kappa shape index (κ1) is 20.0. The Balaban J connectivity index is 1.95. The average Bonchev–Trinajstić information content (AvgIpc) is 2.92. The minimum Gasteiger partial charge on any atom is -0.371 e. The molecular formula is C24H27BrN4. The highest BCUT2D eigenvalue weighted by Crippen LogP contribution is 2.38. The molecule has 3 aromatic rings. The lowest BCUT2D eigenvalue weighted by Crippen LogP contribution is -2.33. The molecule has 0 N–H and O–H groups in total. The summed E-state index contributed by atoms with van der Waals surface area (Å²) in [4.78, 5) is 7.44. The van der Waals surface area contributed by atoms with E-state index < -0.39 is 0 Å². The van der Waals surface area contributed by atoms with Crippen molar-refractivity contribution >= 4 is 32.7 Å². The first-order valence-corrected chi connectivity index (χ1v) is 11.0. The van der Waals surface area contributed by atoms with Gasteiger partial charge in [-0.3, -0.25) is 4.57 Å². The van der Waals surface area contributed by atoms with Crippen LogP contribution in [0.2, 0.25) is 0 Å². The molecule has 0 bridgehead atoms. The summed E-state index contributed by atoms with van der Waals surface area (Å²) in [6.45, 7) is 12.7. The summed E-state index contributed by atoms with van der Waals surface area (Å²) in [5.74, 6) is 0.185. The Bertz CT molecular complexity index is 1120. The van der Waals surface area contributed by atoms with E-state index in [-0.39, 0.29) is 5.92 Å². The van der Waals surface area contributed by atoms with Crippen LogP contribution in [0.3, 0.4) is 0 Å². The third kappa shape index (κ3) is 3.34. The van der Waals surface area contributed by atoms with Crippen molar-refractivity contribution in [2.75, 3.05) is 18.0 Å². The van der Waals surface area contributed by atoms with Crippen LogP contribution in [0.25, 0.3) is 16.7 Å². The number of nitrogens with zero attached hydrogens (tertiary/aromatic N) is 4. The van der Waals surface area contributed by atoms with Gasteiger partial charge in [0, 0.05) is 45.9 Å². The number of fused-ring (bicyclic) bond motifs is 1. The number of pyridine rings is 1. The second-order valence-electron chi connectivity index (χ2n) is 8.31. The SMILES string of the molecule is Cc1cc(N2CCC(C#N)CC2)c2c(C)c(C)n(-c3c(C)cc(Br)cc3C)c2n1. The second-order valence-corrected chi connectivity index (χ2v) is 9.22. The van der Waals surface area contributed by atoms with Crippen molar-refractivity contribution in [3.8, 4) is 11.8 Å². The summed E-state index contributed by atoms with van der Waals surface area (Å²) in [6, 6.07) is 9.00. The van der Waals surface area contributed by atoms with Crippen LogP contribution in [0.4, 0.5) is 5.69 Å². The van der Waals surface area contributed by atoms with Gasteiger partial charge in [0.2, 0.25) is 0 Å². The van der Waals surface area contributed by atoms with E-state index in [4.69, 9.17) is 4.98 Å². The summed E-state index contributed by atoms with van der Waals surface area (Å²) in [6.07, 6.45) is 1.87. The number of hydrogen-bond acceptors (Lipinski definition) is 3. The number of hydrogen-bond donors (Lipinski definition) is 0. The molecule has 0 radical (unpaired) electrons. The predicted molar refractivity (Wildman–Crippen MR) is 123 cm³/mol. The number of aromatic nitrogens is 2. The molecule has 0 unspecified atom stereocenters. The zero-order valence-electron chi connectivity index (χ0n) is 17.8. The van der Waals surface area contributed by atoms with E-state index in [1.807, 2.05) is 0 Å². The standard InChI is InChI=1S/C24H27BrN4/c1-14-10-20(25)11-15(2)23(14)29-18(5)17(4)22-21(12-16(3)27-24(22)29)28-8-6-19(13-26)7-9-28/h10-12,19H,6-9H2,1-5H3. The van der Waals surface area contributed by atoms with Crippen molar-refractivity contribution in [2.24, 2.45) is 5.92 Å². The van der Waals surface area contributed by atoms with Gasteiger partial charge in [-0.15, -0.1) is 0 Å². The smallest absolute Gasteiger partial charge is 0.147 e. The number of piperidine rings is 1. The van der Waals surface area contributed by atoms with Gasteiger partial charge < -0.3 is 4.90 Å². The van der Waals surface area contributed by atoms with E-state index in [1.54, 1.807) is 0 Å². The highest BCUT2D eigenvalue weighted by Gasteiger charge is 2.25. The Hall–Kier alpha value is -2.32. The molecule has 1 fully saturated rings. The van der Waals surface area contributed by atoms with E-state index in [9.17, 15) is 5.26 Å². The van der Waals surface area contributed by atoms with Crippen LogP contribution in [0.15, 0.2) is 22.7 Å². The van der Waals surface area contributed by atoms with Gasteiger partial charge in [0.1, 0.15) is 5.65 Å². The van der Waals surface area contributed by atoms with Gasteiger partial charge >= 0.3 is 0 Å². The molecule has 150 valence electrons. The third-order valence-corrected chi connectivity index (χ3v) is 6.73. The molecule has 0 aliphatic carbocycles. The quantitative estimate of drug-likeness (QED) is 0.475. The molecule has 0 amide bonds. The normalized spacial score (nSPS) is 15.1. The molecule has 29 heavy (non-hydrogen) atoms. The largest absolute Gasteiger partial charge is 0.371 e. The van der Waals surface area contributed by atoms with Crippen LogP contribution in [-0.4, -0.2) is 22.6 Å². The maximum absolute atomic E-state index is 9.26. The lowest BCUT2D eigenvalue weighted by atomic mass is 9.97. The molecule has 4 rings (SSSR count). The van der Waals surface area contributed by atoms with Crippen molar-refractivity contribution < 1.29 is 0 Å². The molecule has 5 heteroatoms. The van der Waals surface area contributed by atoms with Crippen LogP contribution in [-0.2, 0) is 0 Å². The minimum absolute atomic E-state index is 0.185. The Morgan fingerprint density at radius 1 is 1.03 bits per heavy atom.